The zero-order valence-corrected chi connectivity index (χ0v) is 8.97. The van der Waals surface area contributed by atoms with Gasteiger partial charge in [-0.05, 0) is 19.1 Å². The molecule has 1 aromatic rings. The Labute approximate surface area is 89.3 Å². The summed E-state index contributed by atoms with van der Waals surface area (Å²) in [6.07, 6.45) is 0. The smallest absolute Gasteiger partial charge is 0.257 e. The van der Waals surface area contributed by atoms with E-state index in [0.717, 1.165) is 0 Å². The van der Waals surface area contributed by atoms with E-state index in [0.29, 0.717) is 12.1 Å². The Morgan fingerprint density at radius 2 is 2.13 bits per heavy atom. The number of amides is 1. The molecule has 1 unspecified atom stereocenters. The summed E-state index contributed by atoms with van der Waals surface area (Å²) < 4.78 is 0. The minimum absolute atomic E-state index is 0.00132. The van der Waals surface area contributed by atoms with E-state index in [2.05, 4.69) is 0 Å². The molecule has 1 atom stereocenters. The molecule has 0 heterocycles. The lowest BCUT2D eigenvalue weighted by Gasteiger charge is -2.23. The van der Waals surface area contributed by atoms with Crippen molar-refractivity contribution < 1.29 is 9.90 Å². The van der Waals surface area contributed by atoms with E-state index in [1.54, 1.807) is 25.2 Å². The van der Waals surface area contributed by atoms with Crippen molar-refractivity contribution in [2.24, 2.45) is 5.73 Å². The molecule has 4 nitrogen and oxygen atoms in total. The first-order chi connectivity index (χ1) is 7.07. The number of carbonyl (C=O) groups excluding carboxylic acids is 1. The van der Waals surface area contributed by atoms with Crippen molar-refractivity contribution in [2.75, 3.05) is 13.6 Å². The molecular weight excluding hydrogens is 192 g/mol. The lowest BCUT2D eigenvalue weighted by atomic mass is 10.1. The molecule has 0 aliphatic carbocycles. The summed E-state index contributed by atoms with van der Waals surface area (Å²) in [5, 5.41) is 9.51. The molecule has 4 heteroatoms. The summed E-state index contributed by atoms with van der Waals surface area (Å²) >= 11 is 0. The quantitative estimate of drug-likeness (QED) is 0.772. The van der Waals surface area contributed by atoms with Crippen LogP contribution in [0.15, 0.2) is 24.3 Å². The summed E-state index contributed by atoms with van der Waals surface area (Å²) in [5.74, 6) is -0.218. The minimum atomic E-state index is -0.217. The fourth-order valence-corrected chi connectivity index (χ4v) is 1.20. The molecule has 0 fully saturated rings. The SMILES string of the molecule is CC(CN)N(C)C(=O)c1ccccc1O. The molecule has 0 radical (unpaired) electrons. The number of benzene rings is 1. The third kappa shape index (κ3) is 2.47. The molecule has 1 amide bonds. The van der Waals surface area contributed by atoms with Crippen LogP contribution in [0.2, 0.25) is 0 Å². The van der Waals surface area contributed by atoms with Gasteiger partial charge in [0, 0.05) is 19.6 Å². The highest BCUT2D eigenvalue weighted by Crippen LogP contribution is 2.17. The second kappa shape index (κ2) is 4.79. The predicted octanol–water partition coefficient (Wildman–Crippen LogP) is 0.811. The molecule has 0 aliphatic rings. The molecule has 82 valence electrons. The standard InChI is InChI=1S/C11H16N2O2/c1-8(7-12)13(2)11(15)9-5-3-4-6-10(9)14/h3-6,8,14H,7,12H2,1-2H3. The van der Waals surface area contributed by atoms with Gasteiger partial charge in [-0.3, -0.25) is 4.79 Å². The predicted molar refractivity (Wildman–Crippen MR) is 58.7 cm³/mol. The number of phenols is 1. The van der Waals surface area contributed by atoms with Crippen LogP contribution < -0.4 is 5.73 Å². The van der Waals surface area contributed by atoms with Gasteiger partial charge in [-0.15, -0.1) is 0 Å². The van der Waals surface area contributed by atoms with Crippen molar-refractivity contribution in [3.63, 3.8) is 0 Å². The number of nitrogens with zero attached hydrogens (tertiary/aromatic N) is 1. The van der Waals surface area contributed by atoms with Crippen LogP contribution in [0, 0.1) is 0 Å². The molecule has 0 bridgehead atoms. The van der Waals surface area contributed by atoms with Crippen molar-refractivity contribution in [3.05, 3.63) is 29.8 Å². The highest BCUT2D eigenvalue weighted by atomic mass is 16.3. The number of rotatable bonds is 3. The zero-order valence-electron chi connectivity index (χ0n) is 8.97. The number of hydrogen-bond acceptors (Lipinski definition) is 3. The van der Waals surface area contributed by atoms with Crippen LogP contribution in [0.5, 0.6) is 5.75 Å². The van der Waals surface area contributed by atoms with Crippen molar-refractivity contribution >= 4 is 5.91 Å². The Morgan fingerprint density at radius 1 is 1.53 bits per heavy atom. The van der Waals surface area contributed by atoms with E-state index < -0.39 is 0 Å². The number of hydrogen-bond donors (Lipinski definition) is 2. The van der Waals surface area contributed by atoms with E-state index in [1.165, 1.54) is 11.0 Å². The zero-order chi connectivity index (χ0) is 11.4. The highest BCUT2D eigenvalue weighted by Gasteiger charge is 2.18. The van der Waals surface area contributed by atoms with Crippen LogP contribution in [0.4, 0.5) is 0 Å². The Bertz CT molecular complexity index is 352. The monoisotopic (exact) mass is 208 g/mol. The number of aromatic hydroxyl groups is 1. The second-order valence-electron chi connectivity index (χ2n) is 3.52. The Balaban J connectivity index is 2.90. The maximum atomic E-state index is 11.9. The average molecular weight is 208 g/mol. The van der Waals surface area contributed by atoms with Crippen LogP contribution in [0.3, 0.4) is 0 Å². The maximum absolute atomic E-state index is 11.9. The van der Waals surface area contributed by atoms with Gasteiger partial charge < -0.3 is 15.7 Å². The fourth-order valence-electron chi connectivity index (χ4n) is 1.20. The van der Waals surface area contributed by atoms with Crippen LogP contribution in [-0.4, -0.2) is 35.5 Å². The van der Waals surface area contributed by atoms with Crippen LogP contribution >= 0.6 is 0 Å². The van der Waals surface area contributed by atoms with Gasteiger partial charge in [0.2, 0.25) is 0 Å². The van der Waals surface area contributed by atoms with E-state index in [9.17, 15) is 9.90 Å². The lowest BCUT2D eigenvalue weighted by Crippen LogP contribution is -2.39. The summed E-state index contributed by atoms with van der Waals surface area (Å²) in [7, 11) is 1.67. The molecule has 1 rings (SSSR count). The fraction of sp³-hybridized carbons (Fsp3) is 0.364. The van der Waals surface area contributed by atoms with Gasteiger partial charge in [0.25, 0.3) is 5.91 Å². The van der Waals surface area contributed by atoms with Crippen LogP contribution in [-0.2, 0) is 0 Å². The normalized spacial score (nSPS) is 12.2. The van der Waals surface area contributed by atoms with Crippen molar-refractivity contribution in [2.45, 2.75) is 13.0 Å². The average Bonchev–Trinajstić information content (AvgIpc) is 2.26. The minimum Gasteiger partial charge on any atom is -0.507 e. The number of carbonyl (C=O) groups is 1. The number of phenolic OH excluding ortho intramolecular Hbond substituents is 1. The molecule has 0 aliphatic heterocycles. The third-order valence-electron chi connectivity index (χ3n) is 2.46. The molecule has 15 heavy (non-hydrogen) atoms. The summed E-state index contributed by atoms with van der Waals surface area (Å²) in [4.78, 5) is 13.4. The van der Waals surface area contributed by atoms with Gasteiger partial charge in [-0.25, -0.2) is 0 Å². The molecule has 0 saturated heterocycles. The van der Waals surface area contributed by atoms with E-state index >= 15 is 0 Å². The van der Waals surface area contributed by atoms with Crippen LogP contribution in [0.1, 0.15) is 17.3 Å². The maximum Gasteiger partial charge on any atom is 0.257 e. The van der Waals surface area contributed by atoms with E-state index in [4.69, 9.17) is 5.73 Å². The number of likely N-dealkylation sites (N-methyl/N-ethyl adjacent to an activating group) is 1. The van der Waals surface area contributed by atoms with E-state index in [-0.39, 0.29) is 17.7 Å². The summed E-state index contributed by atoms with van der Waals surface area (Å²) in [6.45, 7) is 2.26. The molecule has 3 N–H and O–H groups in total. The Hall–Kier alpha value is -1.55. The van der Waals surface area contributed by atoms with Crippen molar-refractivity contribution in [1.29, 1.82) is 0 Å². The molecular formula is C11H16N2O2. The second-order valence-corrected chi connectivity index (χ2v) is 3.52. The molecule has 1 aromatic carbocycles. The Kier molecular flexibility index (Phi) is 3.68. The van der Waals surface area contributed by atoms with Gasteiger partial charge in [0.05, 0.1) is 5.56 Å². The van der Waals surface area contributed by atoms with Crippen molar-refractivity contribution in [3.8, 4) is 5.75 Å². The number of nitrogens with two attached hydrogens (primary N) is 1. The topological polar surface area (TPSA) is 66.6 Å². The summed E-state index contributed by atoms with van der Waals surface area (Å²) in [5.41, 5.74) is 5.78. The third-order valence-corrected chi connectivity index (χ3v) is 2.46. The summed E-state index contributed by atoms with van der Waals surface area (Å²) in [6, 6.07) is 6.44. The van der Waals surface area contributed by atoms with Crippen molar-refractivity contribution in [1.82, 2.24) is 4.90 Å². The first-order valence-electron chi connectivity index (χ1n) is 4.83. The van der Waals surface area contributed by atoms with Gasteiger partial charge in [0.1, 0.15) is 5.75 Å². The largest absolute Gasteiger partial charge is 0.507 e. The Morgan fingerprint density at radius 3 is 2.67 bits per heavy atom. The molecule has 0 saturated carbocycles. The van der Waals surface area contributed by atoms with E-state index in [1.807, 2.05) is 6.92 Å². The van der Waals surface area contributed by atoms with Gasteiger partial charge >= 0.3 is 0 Å². The number of para-hydroxylation sites is 1. The van der Waals surface area contributed by atoms with Gasteiger partial charge in [-0.1, -0.05) is 12.1 Å². The first-order valence-corrected chi connectivity index (χ1v) is 4.83. The van der Waals surface area contributed by atoms with Gasteiger partial charge in [0.15, 0.2) is 0 Å². The first kappa shape index (κ1) is 11.5. The lowest BCUT2D eigenvalue weighted by molar-refractivity contribution is 0.0745. The molecule has 0 spiro atoms. The molecule has 0 aromatic heterocycles. The van der Waals surface area contributed by atoms with Gasteiger partial charge in [-0.2, -0.15) is 0 Å². The van der Waals surface area contributed by atoms with Crippen LogP contribution in [0.25, 0.3) is 0 Å². The highest BCUT2D eigenvalue weighted by molar-refractivity contribution is 5.96.